The second-order valence-electron chi connectivity index (χ2n) is 4.45. The van der Waals surface area contributed by atoms with Gasteiger partial charge >= 0.3 is 0 Å². The van der Waals surface area contributed by atoms with Crippen molar-refractivity contribution < 1.29 is 13.0 Å². The van der Waals surface area contributed by atoms with E-state index in [1.807, 2.05) is 0 Å². The fourth-order valence-corrected chi connectivity index (χ4v) is 2.97. The summed E-state index contributed by atoms with van der Waals surface area (Å²) in [6.45, 7) is 0. The van der Waals surface area contributed by atoms with E-state index in [1.165, 1.54) is 12.1 Å². The molecule has 2 N–H and O–H groups in total. The highest BCUT2D eigenvalue weighted by molar-refractivity contribution is 7.84. The molecular formula is C14H10ClFN2O2S. The van der Waals surface area contributed by atoms with Crippen LogP contribution in [0.3, 0.4) is 0 Å². The summed E-state index contributed by atoms with van der Waals surface area (Å²) in [4.78, 5) is 4.15. The number of nitrogens with zero attached hydrogens (tertiary/aromatic N) is 1. The highest BCUT2D eigenvalue weighted by atomic mass is 35.5. The Bertz CT molecular complexity index is 850. The number of nitrogen functional groups attached to an aromatic ring is 1. The monoisotopic (exact) mass is 324 g/mol. The van der Waals surface area contributed by atoms with E-state index < -0.39 is 16.6 Å². The standard InChI is InChI=1S/C14H10ClFN2O2S/c15-10-3-1-8(5-11(10)16)7-21(19)14-18-12-4-2-9(17)6-13(12)20-14/h1-6H,7,17H2. The van der Waals surface area contributed by atoms with Crippen molar-refractivity contribution in [3.05, 3.63) is 52.8 Å². The molecular weight excluding hydrogens is 315 g/mol. The number of rotatable bonds is 3. The first-order chi connectivity index (χ1) is 10.0. The number of nitrogens with two attached hydrogens (primary N) is 1. The zero-order valence-corrected chi connectivity index (χ0v) is 12.2. The Balaban J connectivity index is 1.87. The molecule has 0 bridgehead atoms. The van der Waals surface area contributed by atoms with Gasteiger partial charge in [-0.1, -0.05) is 17.7 Å². The van der Waals surface area contributed by atoms with Crippen molar-refractivity contribution >= 4 is 39.2 Å². The molecule has 0 spiro atoms. The molecule has 1 aromatic heterocycles. The lowest BCUT2D eigenvalue weighted by atomic mass is 10.2. The van der Waals surface area contributed by atoms with Gasteiger partial charge in [-0.15, -0.1) is 0 Å². The number of anilines is 1. The van der Waals surface area contributed by atoms with Gasteiger partial charge in [0.1, 0.15) is 22.1 Å². The average molecular weight is 325 g/mol. The van der Waals surface area contributed by atoms with Crippen LogP contribution in [0.1, 0.15) is 5.56 Å². The largest absolute Gasteiger partial charge is 0.430 e. The predicted octanol–water partition coefficient (Wildman–Crippen LogP) is 3.51. The summed E-state index contributed by atoms with van der Waals surface area (Å²) in [5.74, 6) is -0.451. The number of fused-ring (bicyclic) bond motifs is 1. The predicted molar refractivity (Wildman–Crippen MR) is 79.9 cm³/mol. The van der Waals surface area contributed by atoms with Gasteiger partial charge in [-0.3, -0.25) is 0 Å². The maximum Gasteiger partial charge on any atom is 0.288 e. The molecule has 1 unspecified atom stereocenters. The Morgan fingerprint density at radius 3 is 2.86 bits per heavy atom. The zero-order valence-electron chi connectivity index (χ0n) is 10.7. The van der Waals surface area contributed by atoms with Gasteiger partial charge in [0, 0.05) is 11.8 Å². The molecule has 3 rings (SSSR count). The molecule has 0 amide bonds. The SMILES string of the molecule is Nc1ccc2nc(S(=O)Cc3ccc(Cl)c(F)c3)oc2c1. The molecule has 0 saturated heterocycles. The molecule has 21 heavy (non-hydrogen) atoms. The average Bonchev–Trinajstić information content (AvgIpc) is 2.86. The molecule has 0 aliphatic carbocycles. The molecule has 1 heterocycles. The zero-order chi connectivity index (χ0) is 15.0. The minimum atomic E-state index is -1.52. The van der Waals surface area contributed by atoms with Crippen molar-refractivity contribution in [3.8, 4) is 0 Å². The van der Waals surface area contributed by atoms with Gasteiger partial charge in [0.25, 0.3) is 5.22 Å². The lowest BCUT2D eigenvalue weighted by Crippen LogP contribution is -1.97. The summed E-state index contributed by atoms with van der Waals surface area (Å²) in [6.07, 6.45) is 0. The van der Waals surface area contributed by atoms with Crippen LogP contribution in [0.15, 0.2) is 46.0 Å². The smallest absolute Gasteiger partial charge is 0.288 e. The second kappa shape index (κ2) is 5.46. The van der Waals surface area contributed by atoms with Crippen molar-refractivity contribution in [2.45, 2.75) is 11.0 Å². The van der Waals surface area contributed by atoms with Crippen LogP contribution in [0.4, 0.5) is 10.1 Å². The number of halogens is 2. The summed E-state index contributed by atoms with van der Waals surface area (Å²) in [6, 6.07) is 9.29. The molecule has 2 aromatic carbocycles. The van der Waals surface area contributed by atoms with E-state index in [0.29, 0.717) is 22.4 Å². The minimum absolute atomic E-state index is 0.0295. The topological polar surface area (TPSA) is 69.1 Å². The highest BCUT2D eigenvalue weighted by Crippen LogP contribution is 2.22. The molecule has 0 fully saturated rings. The number of hydrogen-bond acceptors (Lipinski definition) is 4. The maximum atomic E-state index is 13.4. The van der Waals surface area contributed by atoms with Crippen LogP contribution >= 0.6 is 11.6 Å². The molecule has 0 aliphatic rings. The van der Waals surface area contributed by atoms with Gasteiger partial charge in [-0.2, -0.15) is 0 Å². The van der Waals surface area contributed by atoms with Gasteiger partial charge in [-0.25, -0.2) is 13.6 Å². The molecule has 1 atom stereocenters. The van der Waals surface area contributed by atoms with Crippen LogP contribution in [0.25, 0.3) is 11.1 Å². The van der Waals surface area contributed by atoms with Gasteiger partial charge in [0.2, 0.25) is 0 Å². The fraction of sp³-hybridized carbons (Fsp3) is 0.0714. The Morgan fingerprint density at radius 1 is 1.29 bits per heavy atom. The summed E-state index contributed by atoms with van der Waals surface area (Å²) in [5.41, 5.74) is 7.79. The molecule has 3 aromatic rings. The third kappa shape index (κ3) is 2.91. The molecule has 0 radical (unpaired) electrons. The lowest BCUT2D eigenvalue weighted by Gasteiger charge is -2.00. The number of oxazole rings is 1. The van der Waals surface area contributed by atoms with E-state index in [9.17, 15) is 8.60 Å². The van der Waals surface area contributed by atoms with Crippen LogP contribution in [-0.4, -0.2) is 9.19 Å². The first-order valence-electron chi connectivity index (χ1n) is 6.01. The van der Waals surface area contributed by atoms with E-state index >= 15 is 0 Å². The van der Waals surface area contributed by atoms with Crippen LogP contribution in [0.5, 0.6) is 0 Å². The normalized spacial score (nSPS) is 12.7. The van der Waals surface area contributed by atoms with Crippen molar-refractivity contribution in [2.24, 2.45) is 0 Å². The Labute approximate surface area is 127 Å². The first kappa shape index (κ1) is 14.0. The Hall–Kier alpha value is -1.92. The maximum absolute atomic E-state index is 13.4. The molecule has 0 aliphatic heterocycles. The van der Waals surface area contributed by atoms with E-state index in [0.717, 1.165) is 0 Å². The van der Waals surface area contributed by atoms with Crippen LogP contribution in [0, 0.1) is 5.82 Å². The summed E-state index contributed by atoms with van der Waals surface area (Å²) >= 11 is 5.61. The fourth-order valence-electron chi connectivity index (χ4n) is 1.86. The summed E-state index contributed by atoms with van der Waals surface area (Å²) in [5, 5.41) is 0.118. The lowest BCUT2D eigenvalue weighted by molar-refractivity contribution is 0.477. The van der Waals surface area contributed by atoms with E-state index in [1.54, 1.807) is 24.3 Å². The van der Waals surface area contributed by atoms with E-state index in [-0.39, 0.29) is 16.0 Å². The van der Waals surface area contributed by atoms with Crippen LogP contribution < -0.4 is 5.73 Å². The quantitative estimate of drug-likeness (QED) is 0.748. The van der Waals surface area contributed by atoms with E-state index in [4.69, 9.17) is 21.8 Å². The van der Waals surface area contributed by atoms with Gasteiger partial charge in [0.15, 0.2) is 5.58 Å². The number of benzene rings is 2. The van der Waals surface area contributed by atoms with Crippen LogP contribution in [0.2, 0.25) is 5.02 Å². The van der Waals surface area contributed by atoms with Crippen molar-refractivity contribution in [1.82, 2.24) is 4.98 Å². The minimum Gasteiger partial charge on any atom is -0.430 e. The van der Waals surface area contributed by atoms with E-state index in [2.05, 4.69) is 4.98 Å². The summed E-state index contributed by atoms with van der Waals surface area (Å²) < 4.78 is 31.0. The molecule has 108 valence electrons. The van der Waals surface area contributed by atoms with Crippen molar-refractivity contribution in [3.63, 3.8) is 0 Å². The Morgan fingerprint density at radius 2 is 2.10 bits per heavy atom. The third-order valence-corrected chi connectivity index (χ3v) is 4.34. The Kier molecular flexibility index (Phi) is 3.65. The van der Waals surface area contributed by atoms with Crippen LogP contribution in [-0.2, 0) is 16.6 Å². The third-order valence-electron chi connectivity index (χ3n) is 2.87. The second-order valence-corrected chi connectivity index (χ2v) is 6.18. The summed E-state index contributed by atoms with van der Waals surface area (Å²) in [7, 11) is -1.52. The highest BCUT2D eigenvalue weighted by Gasteiger charge is 2.14. The van der Waals surface area contributed by atoms with Crippen molar-refractivity contribution in [1.29, 1.82) is 0 Å². The number of aromatic nitrogens is 1. The van der Waals surface area contributed by atoms with Gasteiger partial charge < -0.3 is 10.2 Å². The van der Waals surface area contributed by atoms with Crippen molar-refractivity contribution in [2.75, 3.05) is 5.73 Å². The molecule has 4 nitrogen and oxygen atoms in total. The van der Waals surface area contributed by atoms with Gasteiger partial charge in [-0.05, 0) is 29.8 Å². The molecule has 7 heteroatoms. The molecule has 0 saturated carbocycles. The first-order valence-corrected chi connectivity index (χ1v) is 7.71. The number of hydrogen-bond donors (Lipinski definition) is 1. The van der Waals surface area contributed by atoms with Gasteiger partial charge in [0.05, 0.1) is 10.8 Å².